The number of carbonyl (C=O) groups is 1. The first-order valence-corrected chi connectivity index (χ1v) is 6.65. The highest BCUT2D eigenvalue weighted by molar-refractivity contribution is 7.12. The van der Waals surface area contributed by atoms with Crippen molar-refractivity contribution in [1.29, 1.82) is 0 Å². The Kier molecular flexibility index (Phi) is 3.81. The van der Waals surface area contributed by atoms with Gasteiger partial charge in [0.25, 0.3) is 0 Å². The molecule has 0 radical (unpaired) electrons. The number of hydrogen-bond donors (Lipinski definition) is 1. The van der Waals surface area contributed by atoms with E-state index in [9.17, 15) is 4.79 Å². The molecule has 0 saturated heterocycles. The van der Waals surface area contributed by atoms with Gasteiger partial charge >= 0.3 is 5.97 Å². The maximum atomic E-state index is 11.4. The second-order valence-corrected chi connectivity index (χ2v) is 5.07. The summed E-state index contributed by atoms with van der Waals surface area (Å²) in [5.74, 6) is 0.210. The number of rotatable bonds is 4. The van der Waals surface area contributed by atoms with E-state index >= 15 is 0 Å². The van der Waals surface area contributed by atoms with E-state index in [4.69, 9.17) is 10.5 Å². The Bertz CT molecular complexity index is 513. The number of carbonyl (C=O) groups excluding carboxylic acids is 1. The number of nitrogens with zero attached hydrogens (tertiary/aromatic N) is 1. The van der Waals surface area contributed by atoms with E-state index in [0.29, 0.717) is 10.8 Å². The van der Waals surface area contributed by atoms with Crippen LogP contribution in [0.1, 0.15) is 28.1 Å². The lowest BCUT2D eigenvalue weighted by atomic mass is 10.0. The van der Waals surface area contributed by atoms with Crippen LogP contribution >= 0.6 is 11.3 Å². The molecule has 0 bridgehead atoms. The maximum absolute atomic E-state index is 11.4. The summed E-state index contributed by atoms with van der Waals surface area (Å²) in [4.78, 5) is 16.3. The predicted octanol–water partition coefficient (Wildman–Crippen LogP) is 2.21. The zero-order valence-corrected chi connectivity index (χ0v) is 11.3. The molecule has 1 saturated carbocycles. The molecule has 1 aromatic rings. The van der Waals surface area contributed by atoms with E-state index in [1.54, 1.807) is 13.2 Å². The molecule has 2 N–H and O–H groups in total. The molecular weight excluding hydrogens is 248 g/mol. The molecule has 0 unspecified atom stereocenters. The second kappa shape index (κ2) is 5.35. The summed E-state index contributed by atoms with van der Waals surface area (Å²) in [6.07, 6.45) is 3.96. The van der Waals surface area contributed by atoms with Gasteiger partial charge < -0.3 is 10.5 Å². The van der Waals surface area contributed by atoms with Crippen molar-refractivity contribution in [2.24, 2.45) is 16.6 Å². The fourth-order valence-corrected chi connectivity index (χ4v) is 2.70. The number of thiophene rings is 1. The van der Waals surface area contributed by atoms with Crippen LogP contribution in [0, 0.1) is 5.92 Å². The van der Waals surface area contributed by atoms with Crippen molar-refractivity contribution >= 4 is 23.0 Å². The number of ether oxygens (including phenoxy) is 1. The molecule has 18 heavy (non-hydrogen) atoms. The van der Waals surface area contributed by atoms with Gasteiger partial charge in [-0.25, -0.2) is 4.79 Å². The molecule has 2 rings (SSSR count). The van der Waals surface area contributed by atoms with Gasteiger partial charge in [-0.15, -0.1) is 11.3 Å². The minimum atomic E-state index is -0.314. The lowest BCUT2D eigenvalue weighted by molar-refractivity contribution is 0.0606. The smallest absolute Gasteiger partial charge is 0.348 e. The summed E-state index contributed by atoms with van der Waals surface area (Å²) in [5.41, 5.74) is 8.58. The molecule has 0 spiro atoms. The molecule has 1 heterocycles. The molecule has 96 valence electrons. The van der Waals surface area contributed by atoms with Crippen molar-refractivity contribution in [3.05, 3.63) is 33.7 Å². The van der Waals surface area contributed by atoms with Gasteiger partial charge in [-0.3, -0.25) is 4.99 Å². The summed E-state index contributed by atoms with van der Waals surface area (Å²) in [6.45, 7) is 0. The van der Waals surface area contributed by atoms with E-state index in [0.717, 1.165) is 29.7 Å². The summed E-state index contributed by atoms with van der Waals surface area (Å²) < 4.78 is 4.70. The third kappa shape index (κ3) is 2.46. The number of aliphatic imine (C=N–C) groups is 1. The molecule has 1 fully saturated rings. The minimum Gasteiger partial charge on any atom is -0.465 e. The Morgan fingerprint density at radius 2 is 2.33 bits per heavy atom. The summed E-state index contributed by atoms with van der Waals surface area (Å²) in [5, 5.41) is 1.92. The van der Waals surface area contributed by atoms with Crippen LogP contribution in [0.2, 0.25) is 0 Å². The highest BCUT2D eigenvalue weighted by atomic mass is 32.1. The summed E-state index contributed by atoms with van der Waals surface area (Å²) >= 11 is 1.36. The van der Waals surface area contributed by atoms with Gasteiger partial charge in [-0.2, -0.15) is 0 Å². The van der Waals surface area contributed by atoms with Crippen LogP contribution < -0.4 is 5.73 Å². The molecule has 4 nitrogen and oxygen atoms in total. The van der Waals surface area contributed by atoms with E-state index in [1.165, 1.54) is 18.4 Å². The minimum absolute atomic E-state index is 0.314. The number of allylic oxidation sites excluding steroid dienone is 1. The highest BCUT2D eigenvalue weighted by Crippen LogP contribution is 2.38. The molecule has 1 aliphatic carbocycles. The summed E-state index contributed by atoms with van der Waals surface area (Å²) in [7, 11) is 3.13. The van der Waals surface area contributed by atoms with Crippen molar-refractivity contribution in [1.82, 2.24) is 0 Å². The molecule has 0 atom stereocenters. The van der Waals surface area contributed by atoms with Crippen LogP contribution in [0.25, 0.3) is 0 Å². The first-order valence-electron chi connectivity index (χ1n) is 5.77. The normalized spacial score (nSPS) is 16.8. The Morgan fingerprint density at radius 1 is 1.61 bits per heavy atom. The van der Waals surface area contributed by atoms with E-state index < -0.39 is 0 Å². The lowest BCUT2D eigenvalue weighted by Crippen LogP contribution is -2.08. The van der Waals surface area contributed by atoms with Crippen molar-refractivity contribution in [3.8, 4) is 0 Å². The fraction of sp³-hybridized carbons (Fsp3) is 0.385. The molecule has 5 heteroatoms. The van der Waals surface area contributed by atoms with E-state index in [-0.39, 0.29) is 5.97 Å². The highest BCUT2D eigenvalue weighted by Gasteiger charge is 2.29. The Balaban J connectivity index is 2.28. The topological polar surface area (TPSA) is 64.7 Å². The van der Waals surface area contributed by atoms with Gasteiger partial charge in [0.1, 0.15) is 4.88 Å². The quantitative estimate of drug-likeness (QED) is 0.670. The van der Waals surface area contributed by atoms with Gasteiger partial charge in [0.05, 0.1) is 12.8 Å². The third-order valence-electron chi connectivity index (χ3n) is 2.95. The molecule has 1 aliphatic rings. The van der Waals surface area contributed by atoms with Crippen molar-refractivity contribution < 1.29 is 9.53 Å². The van der Waals surface area contributed by atoms with E-state index in [1.807, 2.05) is 11.4 Å². The molecule has 0 amide bonds. The van der Waals surface area contributed by atoms with Gasteiger partial charge in [0, 0.05) is 18.0 Å². The van der Waals surface area contributed by atoms with Crippen molar-refractivity contribution in [2.45, 2.75) is 12.8 Å². The van der Waals surface area contributed by atoms with Crippen LogP contribution in [-0.4, -0.2) is 25.8 Å². The van der Waals surface area contributed by atoms with Crippen molar-refractivity contribution in [2.75, 3.05) is 14.2 Å². The number of hydrogen-bond acceptors (Lipinski definition) is 5. The first-order chi connectivity index (χ1) is 8.71. The van der Waals surface area contributed by atoms with Crippen LogP contribution in [0.4, 0.5) is 0 Å². The Morgan fingerprint density at radius 3 is 2.83 bits per heavy atom. The standard InChI is InChI=1S/C13H16N2O2S/c1-15-12(10(6-14)8-3-4-8)9-5-11(18-7-9)13(16)17-2/h5-8H,3-4,14H2,1-2H3. The van der Waals surface area contributed by atoms with Gasteiger partial charge in [-0.05, 0) is 36.6 Å². The molecule has 1 aromatic heterocycles. The molecule has 0 aromatic carbocycles. The van der Waals surface area contributed by atoms with Crippen LogP contribution in [0.3, 0.4) is 0 Å². The van der Waals surface area contributed by atoms with Gasteiger partial charge in [0.2, 0.25) is 0 Å². The number of esters is 1. The van der Waals surface area contributed by atoms with Gasteiger partial charge in [-0.1, -0.05) is 0 Å². The van der Waals surface area contributed by atoms with Crippen LogP contribution in [0.15, 0.2) is 28.2 Å². The number of nitrogens with two attached hydrogens (primary N) is 1. The largest absolute Gasteiger partial charge is 0.465 e. The first kappa shape index (κ1) is 12.8. The molecular formula is C13H16N2O2S. The monoisotopic (exact) mass is 264 g/mol. The zero-order valence-electron chi connectivity index (χ0n) is 10.5. The third-order valence-corrected chi connectivity index (χ3v) is 3.86. The SMILES string of the molecule is CN=C(C(=CN)C1CC1)c1csc(C(=O)OC)c1. The Hall–Kier alpha value is -1.62. The predicted molar refractivity (Wildman–Crippen MR) is 73.1 cm³/mol. The molecule has 0 aliphatic heterocycles. The number of methoxy groups -OCH3 is 1. The maximum Gasteiger partial charge on any atom is 0.348 e. The second-order valence-electron chi connectivity index (χ2n) is 4.16. The van der Waals surface area contributed by atoms with Crippen LogP contribution in [0.5, 0.6) is 0 Å². The van der Waals surface area contributed by atoms with Crippen molar-refractivity contribution in [3.63, 3.8) is 0 Å². The zero-order chi connectivity index (χ0) is 13.1. The average Bonchev–Trinajstić information content (AvgIpc) is 3.12. The lowest BCUT2D eigenvalue weighted by Gasteiger charge is -2.07. The fourth-order valence-electron chi connectivity index (χ4n) is 1.90. The van der Waals surface area contributed by atoms with Crippen LogP contribution in [-0.2, 0) is 4.74 Å². The Labute approximate surface area is 110 Å². The summed E-state index contributed by atoms with van der Waals surface area (Å²) in [6, 6.07) is 1.81. The van der Waals surface area contributed by atoms with Gasteiger partial charge in [0.15, 0.2) is 0 Å². The van der Waals surface area contributed by atoms with E-state index in [2.05, 4.69) is 4.99 Å². The average molecular weight is 264 g/mol.